The van der Waals surface area contributed by atoms with Crippen LogP contribution in [0.5, 0.6) is 11.5 Å². The minimum atomic E-state index is -4.64. The van der Waals surface area contributed by atoms with E-state index in [1.165, 1.54) is 18.3 Å². The molecule has 47 heavy (non-hydrogen) atoms. The molecule has 0 atom stereocenters. The van der Waals surface area contributed by atoms with Gasteiger partial charge in [0.15, 0.2) is 0 Å². The Bertz CT molecular complexity index is 2110. The van der Waals surface area contributed by atoms with Crippen molar-refractivity contribution in [3.63, 3.8) is 0 Å². The van der Waals surface area contributed by atoms with E-state index in [2.05, 4.69) is 25.6 Å². The van der Waals surface area contributed by atoms with Crippen LogP contribution in [0.25, 0.3) is 44.5 Å². The number of aromatic amines is 2. The van der Waals surface area contributed by atoms with E-state index < -0.39 is 11.7 Å². The molecular weight excluding hydrogens is 603 g/mol. The third-order valence-corrected chi connectivity index (χ3v) is 7.52. The molecule has 0 aliphatic heterocycles. The molecule has 11 heteroatoms. The zero-order valence-electron chi connectivity index (χ0n) is 26.2. The molecule has 8 nitrogen and oxygen atoms in total. The van der Waals surface area contributed by atoms with Crippen LogP contribution in [-0.4, -0.2) is 38.7 Å². The number of fused-ring (bicyclic) bond motifs is 2. The molecular formula is C36H34F3N7O. The quantitative estimate of drug-likeness (QED) is 0.0737. The van der Waals surface area contributed by atoms with E-state index in [-0.39, 0.29) is 35.0 Å². The van der Waals surface area contributed by atoms with Gasteiger partial charge in [-0.3, -0.25) is 15.8 Å². The van der Waals surface area contributed by atoms with Crippen LogP contribution in [0.3, 0.4) is 0 Å². The second kappa shape index (κ2) is 12.3. The predicted octanol–water partition coefficient (Wildman–Crippen LogP) is 8.84. The Labute approximate surface area is 269 Å². The highest BCUT2D eigenvalue weighted by atomic mass is 19.4. The van der Waals surface area contributed by atoms with Crippen molar-refractivity contribution in [3.05, 3.63) is 102 Å². The van der Waals surface area contributed by atoms with Crippen molar-refractivity contribution in [2.45, 2.75) is 46.0 Å². The number of pyridine rings is 1. The number of ether oxygens (including phenoxy) is 1. The van der Waals surface area contributed by atoms with Gasteiger partial charge in [0, 0.05) is 56.3 Å². The first kappa shape index (κ1) is 31.4. The largest absolute Gasteiger partial charge is 0.456 e. The van der Waals surface area contributed by atoms with Gasteiger partial charge in [0.05, 0.1) is 23.1 Å². The summed E-state index contributed by atoms with van der Waals surface area (Å²) >= 11 is 0. The number of aromatic nitrogens is 3. The Kier molecular flexibility index (Phi) is 8.23. The van der Waals surface area contributed by atoms with Gasteiger partial charge in [0.25, 0.3) is 0 Å². The van der Waals surface area contributed by atoms with Crippen LogP contribution in [0.1, 0.15) is 44.4 Å². The number of alkyl halides is 3. The van der Waals surface area contributed by atoms with E-state index in [9.17, 15) is 13.2 Å². The lowest BCUT2D eigenvalue weighted by Gasteiger charge is -2.14. The highest BCUT2D eigenvalue weighted by Gasteiger charge is 2.34. The minimum absolute atomic E-state index is 0.0106. The third kappa shape index (κ3) is 6.84. The highest BCUT2D eigenvalue weighted by Crippen LogP contribution is 2.40. The van der Waals surface area contributed by atoms with Crippen molar-refractivity contribution in [3.8, 4) is 34.1 Å². The van der Waals surface area contributed by atoms with Crippen molar-refractivity contribution >= 4 is 33.5 Å². The summed E-state index contributed by atoms with van der Waals surface area (Å²) in [5, 5.41) is 24.3. The lowest BCUT2D eigenvalue weighted by molar-refractivity contribution is -0.137. The molecule has 6 N–H and O–H groups in total. The molecule has 6 rings (SSSR count). The fraction of sp³-hybridized carbons (Fsp3) is 0.194. The van der Waals surface area contributed by atoms with Crippen molar-refractivity contribution in [2.75, 3.05) is 0 Å². The zero-order chi connectivity index (χ0) is 33.5. The summed E-state index contributed by atoms with van der Waals surface area (Å²) in [5.41, 5.74) is 3.73. The van der Waals surface area contributed by atoms with Crippen molar-refractivity contribution in [1.29, 1.82) is 10.8 Å². The molecule has 0 saturated carbocycles. The number of amidine groups is 2. The second-order valence-electron chi connectivity index (χ2n) is 12.0. The summed E-state index contributed by atoms with van der Waals surface area (Å²) in [4.78, 5) is 10.9. The van der Waals surface area contributed by atoms with Gasteiger partial charge in [-0.05, 0) is 82.3 Å². The van der Waals surface area contributed by atoms with Gasteiger partial charge in [-0.15, -0.1) is 0 Å². The Hall–Kier alpha value is -5.58. The van der Waals surface area contributed by atoms with E-state index >= 15 is 0 Å². The topological polar surface area (TPSA) is 125 Å². The molecule has 3 heterocycles. The normalized spacial score (nSPS) is 11.9. The van der Waals surface area contributed by atoms with Gasteiger partial charge in [0.1, 0.15) is 23.2 Å². The number of hydrogen-bond acceptors (Lipinski definition) is 4. The molecule has 0 saturated heterocycles. The van der Waals surface area contributed by atoms with Crippen molar-refractivity contribution < 1.29 is 17.9 Å². The van der Waals surface area contributed by atoms with E-state index in [4.69, 9.17) is 15.6 Å². The van der Waals surface area contributed by atoms with Crippen LogP contribution in [0, 0.1) is 10.8 Å². The fourth-order valence-electron chi connectivity index (χ4n) is 5.38. The molecule has 3 aromatic carbocycles. The third-order valence-electron chi connectivity index (χ3n) is 7.52. The van der Waals surface area contributed by atoms with Gasteiger partial charge < -0.3 is 25.3 Å². The molecule has 0 spiro atoms. The van der Waals surface area contributed by atoms with E-state index in [1.54, 1.807) is 36.4 Å². The Morgan fingerprint density at radius 2 is 1.26 bits per heavy atom. The van der Waals surface area contributed by atoms with Crippen LogP contribution in [0.2, 0.25) is 0 Å². The number of nitrogens with one attached hydrogen (secondary N) is 6. The maximum atomic E-state index is 14.3. The summed E-state index contributed by atoms with van der Waals surface area (Å²) in [6, 6.07) is 22.1. The van der Waals surface area contributed by atoms with E-state index in [0.717, 1.165) is 33.6 Å². The molecule has 0 aliphatic rings. The van der Waals surface area contributed by atoms with Gasteiger partial charge in [-0.1, -0.05) is 24.3 Å². The van der Waals surface area contributed by atoms with E-state index in [0.29, 0.717) is 28.3 Å². The average Bonchev–Trinajstić information content (AvgIpc) is 3.64. The molecule has 0 amide bonds. The number of hydrogen-bond donors (Lipinski definition) is 6. The number of H-pyrrole nitrogens is 2. The summed E-state index contributed by atoms with van der Waals surface area (Å²) in [6.45, 7) is 7.81. The van der Waals surface area contributed by atoms with Crippen LogP contribution < -0.4 is 15.4 Å². The van der Waals surface area contributed by atoms with Crippen LogP contribution >= 0.6 is 0 Å². The van der Waals surface area contributed by atoms with Crippen molar-refractivity contribution in [1.82, 2.24) is 25.6 Å². The number of halogens is 3. The molecule has 3 aromatic heterocycles. The summed E-state index contributed by atoms with van der Waals surface area (Å²) < 4.78 is 48.8. The lowest BCUT2D eigenvalue weighted by Crippen LogP contribution is -2.30. The van der Waals surface area contributed by atoms with Crippen LogP contribution in [-0.2, 0) is 6.18 Å². The van der Waals surface area contributed by atoms with Crippen LogP contribution in [0.4, 0.5) is 13.2 Å². The van der Waals surface area contributed by atoms with Gasteiger partial charge in [0.2, 0.25) is 0 Å². The Morgan fingerprint density at radius 1 is 0.702 bits per heavy atom. The molecule has 6 aromatic rings. The van der Waals surface area contributed by atoms with Crippen molar-refractivity contribution in [2.24, 2.45) is 0 Å². The Balaban J connectivity index is 1.23. The molecule has 0 bridgehead atoms. The second-order valence-corrected chi connectivity index (χ2v) is 12.0. The first-order chi connectivity index (χ1) is 22.3. The Morgan fingerprint density at radius 3 is 1.79 bits per heavy atom. The summed E-state index contributed by atoms with van der Waals surface area (Å²) in [5.74, 6) is 0.895. The van der Waals surface area contributed by atoms with Crippen LogP contribution in [0.15, 0.2) is 85.1 Å². The van der Waals surface area contributed by atoms with Gasteiger partial charge >= 0.3 is 6.18 Å². The minimum Gasteiger partial charge on any atom is -0.456 e. The maximum absolute atomic E-state index is 14.3. The van der Waals surface area contributed by atoms with Gasteiger partial charge in [-0.25, -0.2) is 0 Å². The molecule has 0 fully saturated rings. The monoisotopic (exact) mass is 637 g/mol. The van der Waals surface area contributed by atoms with Gasteiger partial charge in [-0.2, -0.15) is 13.2 Å². The highest BCUT2D eigenvalue weighted by molar-refractivity contribution is 6.01. The summed E-state index contributed by atoms with van der Waals surface area (Å²) in [7, 11) is 0. The molecule has 0 unspecified atom stereocenters. The fourth-order valence-corrected chi connectivity index (χ4v) is 5.38. The number of rotatable bonds is 8. The smallest absolute Gasteiger partial charge is 0.417 e. The molecule has 0 aliphatic carbocycles. The number of nitrogens with zero attached hydrogens (tertiary/aromatic N) is 1. The lowest BCUT2D eigenvalue weighted by atomic mass is 10.0. The number of benzene rings is 3. The zero-order valence-corrected chi connectivity index (χ0v) is 26.2. The standard InChI is InChI=1S/C36H34F3N7O/c1-19(2)43-34(40)23-7-5-21-13-32(45-30(21)15-23)27-11-9-25(17-28(27)36(37,38)39)47-26-10-12-29(42-18-26)33-14-22-6-8-24(16-31(22)46-33)35(41)44-20(3)4/h5-20,45-46H,1-4H3,(H2,40,43)(H2,41,44). The maximum Gasteiger partial charge on any atom is 0.417 e. The first-order valence-corrected chi connectivity index (χ1v) is 15.2. The predicted molar refractivity (Wildman–Crippen MR) is 181 cm³/mol. The average molecular weight is 638 g/mol. The first-order valence-electron chi connectivity index (χ1n) is 15.2. The van der Waals surface area contributed by atoms with E-state index in [1.807, 2.05) is 52.0 Å². The SMILES string of the molecule is CC(C)NC(=N)c1ccc2cc(-c3ccc(Oc4ccc(-c5cc6ccc(C(=N)NC(C)C)cc6[nH]5)c(C(F)(F)F)c4)cn3)[nH]c2c1. The summed E-state index contributed by atoms with van der Waals surface area (Å²) in [6.07, 6.45) is -3.17. The molecule has 0 radical (unpaired) electrons. The molecule has 240 valence electrons.